The maximum atomic E-state index is 11.3. The van der Waals surface area contributed by atoms with Gasteiger partial charge in [-0.2, -0.15) is 0 Å². The summed E-state index contributed by atoms with van der Waals surface area (Å²) in [4.78, 5) is 22.1. The van der Waals surface area contributed by atoms with E-state index in [9.17, 15) is 30.1 Å². The van der Waals surface area contributed by atoms with Crippen LogP contribution in [0.25, 0.3) is 0 Å². The van der Waals surface area contributed by atoms with E-state index in [1.54, 1.807) is 0 Å². The molecule has 0 atom stereocenters. The van der Waals surface area contributed by atoms with Crippen molar-refractivity contribution in [3.05, 3.63) is 35.4 Å². The molecule has 1 heterocycles. The molecule has 0 bridgehead atoms. The maximum Gasteiger partial charge on any atom is 0.337 e. The molecule has 22 heavy (non-hydrogen) atoms. The van der Waals surface area contributed by atoms with Crippen LogP contribution in [0.15, 0.2) is 24.3 Å². The van der Waals surface area contributed by atoms with Crippen molar-refractivity contribution in [1.29, 1.82) is 0 Å². The minimum absolute atomic E-state index is 0.0163. The largest absolute Gasteiger partial charge is 0.507 e. The standard InChI is InChI=1S/C14H10N2O6/c17-5-6-3-8-9(4-11(6)19)16(22)13-7(14(20)21)1-2-10(18)12(13)15-8/h1-5,15,18-19,22H,(H,20,21). The van der Waals surface area contributed by atoms with Crippen LogP contribution in [0, 0.1) is 0 Å². The zero-order valence-electron chi connectivity index (χ0n) is 10.9. The van der Waals surface area contributed by atoms with Crippen molar-refractivity contribution in [2.45, 2.75) is 0 Å². The third-order valence-corrected chi connectivity index (χ3v) is 3.36. The van der Waals surface area contributed by atoms with Gasteiger partial charge in [-0.1, -0.05) is 0 Å². The van der Waals surface area contributed by atoms with Gasteiger partial charge in [-0.05, 0) is 18.2 Å². The molecule has 0 aromatic heterocycles. The number of aromatic carboxylic acids is 1. The van der Waals surface area contributed by atoms with Crippen LogP contribution < -0.4 is 10.4 Å². The topological polar surface area (TPSA) is 130 Å². The summed E-state index contributed by atoms with van der Waals surface area (Å²) in [5.41, 5.74) is -0.170. The summed E-state index contributed by atoms with van der Waals surface area (Å²) in [5, 5.41) is 42.3. The van der Waals surface area contributed by atoms with E-state index in [2.05, 4.69) is 5.32 Å². The van der Waals surface area contributed by atoms with Gasteiger partial charge >= 0.3 is 5.97 Å². The van der Waals surface area contributed by atoms with E-state index >= 15 is 0 Å². The second kappa shape index (κ2) is 4.64. The van der Waals surface area contributed by atoms with Gasteiger partial charge in [0.15, 0.2) is 6.29 Å². The fourth-order valence-electron chi connectivity index (χ4n) is 2.32. The molecule has 0 aliphatic carbocycles. The van der Waals surface area contributed by atoms with E-state index in [4.69, 9.17) is 0 Å². The monoisotopic (exact) mass is 302 g/mol. The third kappa shape index (κ3) is 1.82. The maximum absolute atomic E-state index is 11.3. The summed E-state index contributed by atoms with van der Waals surface area (Å²) in [6, 6.07) is 4.71. The number of fused-ring (bicyclic) bond motifs is 2. The molecule has 5 N–H and O–H groups in total. The normalized spacial score (nSPS) is 12.1. The van der Waals surface area contributed by atoms with Crippen molar-refractivity contribution >= 4 is 35.0 Å². The Kier molecular flexibility index (Phi) is 2.89. The number of phenols is 2. The lowest BCUT2D eigenvalue weighted by Gasteiger charge is -2.30. The lowest BCUT2D eigenvalue weighted by atomic mass is 10.0. The first kappa shape index (κ1) is 13.7. The van der Waals surface area contributed by atoms with Crippen molar-refractivity contribution in [1.82, 2.24) is 0 Å². The number of aromatic hydroxyl groups is 2. The van der Waals surface area contributed by atoms with Crippen molar-refractivity contribution < 1.29 is 30.1 Å². The first-order chi connectivity index (χ1) is 10.4. The zero-order valence-corrected chi connectivity index (χ0v) is 10.9. The Morgan fingerprint density at radius 2 is 1.91 bits per heavy atom. The number of carbonyl (C=O) groups is 2. The molecule has 0 unspecified atom stereocenters. The number of nitrogens with one attached hydrogen (secondary N) is 1. The van der Waals surface area contributed by atoms with E-state index in [0.29, 0.717) is 11.3 Å². The number of rotatable bonds is 2. The molecule has 8 heteroatoms. The average molecular weight is 302 g/mol. The average Bonchev–Trinajstić information content (AvgIpc) is 2.48. The first-order valence-electron chi connectivity index (χ1n) is 6.11. The molecule has 8 nitrogen and oxygen atoms in total. The van der Waals surface area contributed by atoms with Gasteiger partial charge < -0.3 is 20.6 Å². The van der Waals surface area contributed by atoms with Crippen LogP contribution in [0.1, 0.15) is 20.7 Å². The van der Waals surface area contributed by atoms with Crippen LogP contribution >= 0.6 is 0 Å². The molecule has 0 saturated heterocycles. The molecule has 0 radical (unpaired) electrons. The highest BCUT2D eigenvalue weighted by molar-refractivity contribution is 6.05. The predicted molar refractivity (Wildman–Crippen MR) is 75.8 cm³/mol. The number of hydrogen-bond acceptors (Lipinski definition) is 7. The number of phenolic OH excluding ortho intramolecular Hbond substituents is 2. The van der Waals surface area contributed by atoms with E-state index in [-0.39, 0.29) is 45.4 Å². The van der Waals surface area contributed by atoms with Crippen LogP contribution in [0.3, 0.4) is 0 Å². The second-order valence-electron chi connectivity index (χ2n) is 4.64. The first-order valence-corrected chi connectivity index (χ1v) is 6.11. The molecule has 0 amide bonds. The Morgan fingerprint density at radius 3 is 2.55 bits per heavy atom. The number of benzene rings is 2. The quantitative estimate of drug-likeness (QED) is 0.324. The Hall–Kier alpha value is -3.26. The highest BCUT2D eigenvalue weighted by Gasteiger charge is 2.30. The molecule has 0 saturated carbocycles. The number of carbonyl (C=O) groups excluding carboxylic acids is 1. The summed E-state index contributed by atoms with van der Waals surface area (Å²) in [6.45, 7) is 0. The van der Waals surface area contributed by atoms with E-state index < -0.39 is 5.97 Å². The highest BCUT2D eigenvalue weighted by Crippen LogP contribution is 2.49. The molecule has 0 spiro atoms. The van der Waals surface area contributed by atoms with Crippen molar-refractivity contribution in [2.75, 3.05) is 10.4 Å². The molecule has 2 aromatic rings. The van der Waals surface area contributed by atoms with Crippen LogP contribution in [-0.2, 0) is 0 Å². The molecular weight excluding hydrogens is 292 g/mol. The Labute approximate surface area is 123 Å². The van der Waals surface area contributed by atoms with Gasteiger partial charge in [0, 0.05) is 6.07 Å². The van der Waals surface area contributed by atoms with Crippen molar-refractivity contribution in [2.24, 2.45) is 0 Å². The van der Waals surface area contributed by atoms with Crippen LogP contribution in [0.2, 0.25) is 0 Å². The summed E-state index contributed by atoms with van der Waals surface area (Å²) < 4.78 is 0. The summed E-state index contributed by atoms with van der Waals surface area (Å²) in [5.74, 6) is -1.94. The fourth-order valence-corrected chi connectivity index (χ4v) is 2.32. The highest BCUT2D eigenvalue weighted by atomic mass is 16.5. The Bertz CT molecular complexity index is 817. The lowest BCUT2D eigenvalue weighted by molar-refractivity contribution is 0.0696. The second-order valence-corrected chi connectivity index (χ2v) is 4.64. The SMILES string of the molecule is O=Cc1cc2c(cc1O)N(O)c1c(C(=O)O)ccc(O)c1N2. The number of nitrogens with zero attached hydrogens (tertiary/aromatic N) is 1. The predicted octanol–water partition coefficient (Wildman–Crippen LogP) is 2.19. The molecule has 112 valence electrons. The fraction of sp³-hybridized carbons (Fsp3) is 0. The van der Waals surface area contributed by atoms with Gasteiger partial charge in [0.25, 0.3) is 0 Å². The number of aldehydes is 1. The van der Waals surface area contributed by atoms with E-state index in [0.717, 1.165) is 12.1 Å². The van der Waals surface area contributed by atoms with Gasteiger partial charge in [-0.3, -0.25) is 10.0 Å². The summed E-state index contributed by atoms with van der Waals surface area (Å²) in [6.07, 6.45) is 0.433. The van der Waals surface area contributed by atoms with E-state index in [1.165, 1.54) is 12.1 Å². The van der Waals surface area contributed by atoms with Crippen LogP contribution in [0.4, 0.5) is 22.7 Å². The van der Waals surface area contributed by atoms with Gasteiger partial charge in [0.2, 0.25) is 0 Å². The minimum Gasteiger partial charge on any atom is -0.507 e. The zero-order chi connectivity index (χ0) is 16.0. The molecular formula is C14H10N2O6. The Balaban J connectivity index is 2.27. The molecule has 3 rings (SSSR count). The molecule has 2 aromatic carbocycles. The minimum atomic E-state index is -1.30. The number of carboxylic acids is 1. The van der Waals surface area contributed by atoms with Crippen molar-refractivity contribution in [3.63, 3.8) is 0 Å². The van der Waals surface area contributed by atoms with Gasteiger partial charge in [-0.15, -0.1) is 0 Å². The van der Waals surface area contributed by atoms with Crippen LogP contribution in [-0.4, -0.2) is 32.8 Å². The lowest BCUT2D eigenvalue weighted by Crippen LogP contribution is -2.21. The molecule has 0 fully saturated rings. The van der Waals surface area contributed by atoms with Gasteiger partial charge in [0.1, 0.15) is 22.9 Å². The molecule has 1 aliphatic rings. The smallest absolute Gasteiger partial charge is 0.337 e. The summed E-state index contributed by atoms with van der Waals surface area (Å²) >= 11 is 0. The summed E-state index contributed by atoms with van der Waals surface area (Å²) in [7, 11) is 0. The molecule has 1 aliphatic heterocycles. The Morgan fingerprint density at radius 1 is 1.18 bits per heavy atom. The number of hydrogen-bond donors (Lipinski definition) is 5. The van der Waals surface area contributed by atoms with E-state index in [1.807, 2.05) is 0 Å². The van der Waals surface area contributed by atoms with Crippen molar-refractivity contribution in [3.8, 4) is 11.5 Å². The van der Waals surface area contributed by atoms with Gasteiger partial charge in [0.05, 0.1) is 22.5 Å². The number of carboxylic acid groups (broad SMARTS) is 1. The van der Waals surface area contributed by atoms with Crippen LogP contribution in [0.5, 0.6) is 11.5 Å². The third-order valence-electron chi connectivity index (χ3n) is 3.36. The number of anilines is 4. The van der Waals surface area contributed by atoms with Gasteiger partial charge in [-0.25, -0.2) is 9.86 Å².